The Labute approximate surface area is 873 Å². The summed E-state index contributed by atoms with van der Waals surface area (Å²) in [6.07, 6.45) is -2.70. The standard InChI is InChI=1S/C94H144N34O20S2/c95-37-5-3-16-59-77(135)119-65(17-4-6-38-96)87(145)127-45-13-24-72(127)86(144)123-68(48-53-28-33-58(130)34-29-53)82(140)118-61(19-8-40-109-90(99)100)76(134)115-63(21-10-44-113-94(107)148)79(137)124-70(84(142)120-66(88(146)147)23-12-43-112-93(105)106)50-149-150-51-71(85(143)122-67(47-52-26-31-57(129)32-27-52)81(139)117-60(75(133)114-59)18-7-39-108-89(97)98)125-83(141)69(49-54-25-30-55-14-1-2-15-56(55)46-54)121-78(136)62(20-9-41-110-91(101)102)116-80(138)64(22-11-42-111-92(103)104)126-128-73(131)35-36-74(128)132/h1-2,14-15,25-34,46,59-72,126,129-130H,3-13,16-24,35-45,47-51,95-96H2,(H,114,133)(H,115,134)(H,116,138)(H,117,139)(H,118,140)(H,119,135)(H,120,142)(H,121,136)(H,122,143)(H,123,144)(H,124,137)(H,125,141)(H,146,147)(H4,97,98,108)(H4,99,100,109)(H4,101,102,110)(H4,103,104,111)(H4,105,106,112)(H3,107,113,148)/t59-,60-,61-,62-,63-,64-,65+,66-,67-,68-,69-,70-,71-,72-/m0/s1. The summed E-state index contributed by atoms with van der Waals surface area (Å²) in [4.78, 5) is 254. The molecule has 0 spiro atoms. The number of rotatable bonds is 49. The molecule has 7 rings (SSSR count). The Bertz CT molecular complexity index is 5310. The molecule has 17 amide bonds. The number of nitrogens with one attached hydrogen (secondary N) is 24. The molecule has 3 heterocycles. The quantitative estimate of drug-likeness (QED) is 0.00643. The number of carbonyl (C=O) groups is 17. The average Bonchev–Trinajstić information content (AvgIpc) is 1.09. The summed E-state index contributed by atoms with van der Waals surface area (Å²) in [5.74, 6) is -20.5. The van der Waals surface area contributed by atoms with Gasteiger partial charge in [0.15, 0.2) is 29.8 Å². The highest BCUT2D eigenvalue weighted by Crippen LogP contribution is 2.27. The Kier molecular flexibility index (Phi) is 51.9. The van der Waals surface area contributed by atoms with Crippen molar-refractivity contribution >= 4 is 163 Å². The molecule has 43 N–H and O–H groups in total. The minimum atomic E-state index is -1.96. The molecule has 3 aliphatic heterocycles. The van der Waals surface area contributed by atoms with Crippen LogP contribution in [0.5, 0.6) is 11.5 Å². The van der Waals surface area contributed by atoms with Crippen LogP contribution in [0.25, 0.3) is 10.8 Å². The molecule has 3 fully saturated rings. The van der Waals surface area contributed by atoms with Crippen LogP contribution in [0.2, 0.25) is 0 Å². The number of guanidine groups is 5. The van der Waals surface area contributed by atoms with Gasteiger partial charge in [0.05, 0.1) is 0 Å². The number of nitrogens with two attached hydrogens (primary N) is 8. The van der Waals surface area contributed by atoms with Crippen molar-refractivity contribution in [3.8, 4) is 11.5 Å². The number of urea groups is 1. The molecule has 14 atom stereocenters. The molecule has 0 bridgehead atoms. The largest absolute Gasteiger partial charge is 0.508 e. The monoisotopic (exact) mass is 2130 g/mol. The summed E-state index contributed by atoms with van der Waals surface area (Å²) >= 11 is 0. The Morgan fingerprint density at radius 3 is 1.27 bits per heavy atom. The van der Waals surface area contributed by atoms with Gasteiger partial charge in [0, 0.05) is 89.4 Å². The highest BCUT2D eigenvalue weighted by atomic mass is 33.1. The average molecular weight is 2130 g/mol. The number of aromatic hydroxyl groups is 2. The number of fused-ring (bicyclic) bond motifs is 2. The fourth-order valence-electron chi connectivity index (χ4n) is 16.5. The lowest BCUT2D eigenvalue weighted by Crippen LogP contribution is -2.61. The normalized spacial score (nSPS) is 20.4. The van der Waals surface area contributed by atoms with Gasteiger partial charge < -0.3 is 162 Å². The molecule has 0 saturated carbocycles. The van der Waals surface area contributed by atoms with E-state index in [0.717, 1.165) is 5.39 Å². The number of unbranched alkanes of at least 4 members (excludes halogenated alkanes) is 2. The number of carboxylic acid groups (broad SMARTS) is 1. The van der Waals surface area contributed by atoms with E-state index in [9.17, 15) is 39.3 Å². The first-order chi connectivity index (χ1) is 71.6. The summed E-state index contributed by atoms with van der Waals surface area (Å²) in [6, 6.07) is -1.49. The predicted molar refractivity (Wildman–Crippen MR) is 558 cm³/mol. The van der Waals surface area contributed by atoms with Crippen molar-refractivity contribution in [2.75, 3.05) is 70.4 Å². The van der Waals surface area contributed by atoms with E-state index in [4.69, 9.17) is 72.9 Å². The second-order valence-electron chi connectivity index (χ2n) is 36.2. The van der Waals surface area contributed by atoms with Crippen molar-refractivity contribution in [1.82, 2.24) is 111 Å². The lowest BCUT2D eigenvalue weighted by Gasteiger charge is -2.31. The van der Waals surface area contributed by atoms with E-state index in [1.807, 2.05) is 0 Å². The summed E-state index contributed by atoms with van der Waals surface area (Å²) in [6.45, 7) is -0.352. The number of amides is 17. The molecule has 54 nitrogen and oxygen atoms in total. The van der Waals surface area contributed by atoms with Crippen molar-refractivity contribution in [3.05, 3.63) is 108 Å². The summed E-state index contributed by atoms with van der Waals surface area (Å²) in [5.41, 5.74) is 49.2. The third-order valence-electron chi connectivity index (χ3n) is 24.4. The second-order valence-corrected chi connectivity index (χ2v) is 38.7. The Morgan fingerprint density at radius 2 is 0.800 bits per heavy atom. The number of hydrazine groups is 1. The number of carboxylic acids is 1. The number of imide groups is 1. The van der Waals surface area contributed by atoms with Crippen molar-refractivity contribution in [1.29, 1.82) is 27.0 Å². The molecule has 3 aliphatic rings. The van der Waals surface area contributed by atoms with Gasteiger partial charge >= 0.3 is 12.0 Å². The van der Waals surface area contributed by atoms with Gasteiger partial charge in [0.1, 0.15) is 96.1 Å². The van der Waals surface area contributed by atoms with E-state index in [2.05, 4.69) is 101 Å². The number of primary amides is 1. The number of phenolic OH excluding ortho intramolecular Hbond substituents is 2. The predicted octanol–water partition coefficient (Wildman–Crippen LogP) is -6.39. The zero-order chi connectivity index (χ0) is 110. The van der Waals surface area contributed by atoms with Crippen LogP contribution in [-0.4, -0.2) is 311 Å². The lowest BCUT2D eigenvalue weighted by atomic mass is 10.00. The number of aliphatic carboxylic acids is 1. The first kappa shape index (κ1) is 122. The van der Waals surface area contributed by atoms with Crippen LogP contribution < -0.4 is 147 Å². The molecule has 0 radical (unpaired) electrons. The third-order valence-corrected chi connectivity index (χ3v) is 26.8. The van der Waals surface area contributed by atoms with Gasteiger partial charge in [0.2, 0.25) is 88.6 Å². The first-order valence-electron chi connectivity index (χ1n) is 49.5. The lowest BCUT2D eigenvalue weighted by molar-refractivity contribution is -0.145. The van der Waals surface area contributed by atoms with Crippen molar-refractivity contribution in [2.24, 2.45) is 45.9 Å². The van der Waals surface area contributed by atoms with E-state index in [1.165, 1.54) is 53.4 Å². The molecule has 3 saturated heterocycles. The Balaban J connectivity index is 1.45. The van der Waals surface area contributed by atoms with Gasteiger partial charge in [-0.2, -0.15) is 0 Å². The van der Waals surface area contributed by atoms with Crippen LogP contribution in [0.15, 0.2) is 91.0 Å². The van der Waals surface area contributed by atoms with Crippen molar-refractivity contribution in [2.45, 2.75) is 245 Å². The van der Waals surface area contributed by atoms with Crippen LogP contribution in [0.1, 0.15) is 158 Å². The van der Waals surface area contributed by atoms with E-state index >= 15 is 57.5 Å². The van der Waals surface area contributed by atoms with E-state index in [-0.39, 0.29) is 204 Å². The number of benzene rings is 4. The van der Waals surface area contributed by atoms with Crippen LogP contribution in [0.4, 0.5) is 4.79 Å². The molecule has 0 aliphatic carbocycles. The van der Waals surface area contributed by atoms with E-state index in [0.29, 0.717) is 56.0 Å². The number of phenols is 2. The van der Waals surface area contributed by atoms with Gasteiger partial charge in [-0.05, 0) is 193 Å². The fourth-order valence-corrected chi connectivity index (χ4v) is 18.8. The van der Waals surface area contributed by atoms with Gasteiger partial charge in [-0.1, -0.05) is 88.3 Å². The maximum atomic E-state index is 16.2. The van der Waals surface area contributed by atoms with E-state index < -0.39 is 246 Å². The maximum absolute atomic E-state index is 16.2. The molecule has 4 aromatic carbocycles. The van der Waals surface area contributed by atoms with Crippen LogP contribution in [0.3, 0.4) is 0 Å². The molecular formula is C94H144N34O20S2. The second kappa shape index (κ2) is 64.0. The minimum absolute atomic E-state index is 0.000969. The Hall–Kier alpha value is -15.3. The number of nitrogens with zero attached hydrogens (tertiary/aromatic N) is 2. The number of carbonyl (C=O) groups excluding carboxylic acids is 16. The van der Waals surface area contributed by atoms with Crippen molar-refractivity contribution < 1.29 is 96.8 Å². The van der Waals surface area contributed by atoms with Gasteiger partial charge in [-0.15, -0.1) is 0 Å². The zero-order valence-corrected chi connectivity index (χ0v) is 84.9. The van der Waals surface area contributed by atoms with Crippen LogP contribution in [0, 0.1) is 27.0 Å². The number of hydrogen-bond donors (Lipinski definition) is 35. The van der Waals surface area contributed by atoms with Gasteiger partial charge in [-0.25, -0.2) is 20.0 Å². The molecule has 0 unspecified atom stereocenters. The summed E-state index contributed by atoms with van der Waals surface area (Å²) in [7, 11) is 1.42. The highest BCUT2D eigenvalue weighted by molar-refractivity contribution is 8.76. The number of hydrogen-bond acceptors (Lipinski definition) is 29. The molecule has 4 aromatic rings. The maximum Gasteiger partial charge on any atom is 0.326 e. The highest BCUT2D eigenvalue weighted by Gasteiger charge is 2.43. The topological polar surface area (TPSA) is 913 Å². The zero-order valence-electron chi connectivity index (χ0n) is 83.3. The molecule has 822 valence electrons. The SMILES string of the molecule is N=C(N)NCCC[C@H](NC(=O)[C@@H]1CSSC[C@H](NC(=O)[C@H](Cc2ccc3ccccc3c2)NC(=O)[C@H](CCCNC(=N)N)NC(=O)[C@H](CCCNC(=N)N)NN2C(=O)CCC2=O)C(=O)N[C@@H](Cc2ccc(O)cc2)C(=O)N[C@@H](CCCNC(=N)N)C(=O)N[C@@H](CCCCN)C(=O)N[C@H](CCCCN)C(=O)N2CCC[C@H]2C(=O)N[C@@H](Cc2ccc(O)cc2)C(=O)N[C@@H](CCCNC(=N)N)C(=O)N[C@@H](CCCNC(N)=O)C(=O)N1)C(=O)O. The minimum Gasteiger partial charge on any atom is -0.508 e. The van der Waals surface area contributed by atoms with Crippen LogP contribution >= 0.6 is 21.6 Å². The first-order valence-corrected chi connectivity index (χ1v) is 52.0. The molecular weight excluding hydrogens is 1990 g/mol. The molecule has 0 aromatic heterocycles. The van der Waals surface area contributed by atoms with Gasteiger partial charge in [0.25, 0.3) is 0 Å². The smallest absolute Gasteiger partial charge is 0.326 e. The molecule has 150 heavy (non-hydrogen) atoms. The summed E-state index contributed by atoms with van der Waals surface area (Å²) < 4.78 is 0. The van der Waals surface area contributed by atoms with Crippen molar-refractivity contribution in [3.63, 3.8) is 0 Å². The molecule has 56 heteroatoms. The fraction of sp³-hybridized carbons (Fsp3) is 0.532. The third kappa shape index (κ3) is 43.2. The van der Waals surface area contributed by atoms with E-state index in [1.54, 1.807) is 42.5 Å². The van der Waals surface area contributed by atoms with Gasteiger partial charge in [-0.3, -0.25) is 99.0 Å². The summed E-state index contributed by atoms with van der Waals surface area (Å²) in [5, 5.41) is 121. The Morgan fingerprint density at radius 1 is 0.407 bits per heavy atom. The van der Waals surface area contributed by atoms with Crippen LogP contribution in [-0.2, 0) is 96.0 Å².